The fourth-order valence-corrected chi connectivity index (χ4v) is 3.95. The predicted octanol–water partition coefficient (Wildman–Crippen LogP) is 5.25. The Bertz CT molecular complexity index is 967. The Morgan fingerprint density at radius 2 is 2.18 bits per heavy atom. The van der Waals surface area contributed by atoms with E-state index in [9.17, 15) is 0 Å². The molecule has 0 atom stereocenters. The highest BCUT2D eigenvalue weighted by Crippen LogP contribution is 2.36. The topological polar surface area (TPSA) is 57.1 Å². The van der Waals surface area contributed by atoms with E-state index in [4.69, 9.17) is 14.5 Å². The van der Waals surface area contributed by atoms with Crippen LogP contribution < -0.4 is 4.74 Å². The molecule has 3 aromatic rings. The molecule has 5 nitrogen and oxygen atoms in total. The fraction of sp³-hybridized carbons (Fsp3) is 0.318. The van der Waals surface area contributed by atoms with Crippen molar-refractivity contribution >= 4 is 16.9 Å². The molecule has 1 aliphatic rings. The normalized spacial score (nSPS) is 14.9. The van der Waals surface area contributed by atoms with E-state index < -0.39 is 0 Å². The number of pyridine rings is 2. The van der Waals surface area contributed by atoms with Crippen molar-refractivity contribution in [3.8, 4) is 26.9 Å². The van der Waals surface area contributed by atoms with Crippen molar-refractivity contribution in [1.29, 1.82) is 0 Å². The molecule has 0 saturated carbocycles. The second-order valence-electron chi connectivity index (χ2n) is 6.85. The summed E-state index contributed by atoms with van der Waals surface area (Å²) in [6.45, 7) is 5.52. The van der Waals surface area contributed by atoms with Crippen molar-refractivity contribution in [2.24, 2.45) is 0 Å². The van der Waals surface area contributed by atoms with Crippen molar-refractivity contribution < 1.29 is 9.47 Å². The van der Waals surface area contributed by atoms with Crippen molar-refractivity contribution in [3.05, 3.63) is 54.6 Å². The van der Waals surface area contributed by atoms with Crippen molar-refractivity contribution in [2.45, 2.75) is 32.8 Å². The molecule has 1 aliphatic heterocycles. The standard InChI is InChI=1S/C22H23N3O2S/c1-15(2)26-11-4-6-16-9-12-27-19-8-7-18(25-21(16)19)20-14-24-22(28-20)17-5-3-10-23-13-17/h3,5-8,10,13-15H,4,9,11-12H2,1-2H3/b16-6+. The lowest BCUT2D eigenvalue weighted by molar-refractivity contribution is 0.0826. The highest BCUT2D eigenvalue weighted by molar-refractivity contribution is 7.18. The maximum absolute atomic E-state index is 5.81. The lowest BCUT2D eigenvalue weighted by Gasteiger charge is -2.20. The molecule has 0 saturated heterocycles. The zero-order chi connectivity index (χ0) is 19.3. The number of rotatable bonds is 6. The van der Waals surface area contributed by atoms with Gasteiger partial charge in [0.1, 0.15) is 16.5 Å². The van der Waals surface area contributed by atoms with E-state index in [1.54, 1.807) is 17.5 Å². The van der Waals surface area contributed by atoms with Crippen LogP contribution in [-0.4, -0.2) is 34.3 Å². The van der Waals surface area contributed by atoms with Crippen LogP contribution in [0, 0.1) is 0 Å². The van der Waals surface area contributed by atoms with Gasteiger partial charge in [-0.3, -0.25) is 4.98 Å². The number of nitrogens with zero attached hydrogens (tertiary/aromatic N) is 3. The van der Waals surface area contributed by atoms with E-state index >= 15 is 0 Å². The zero-order valence-corrected chi connectivity index (χ0v) is 16.9. The molecule has 0 spiro atoms. The Labute approximate surface area is 169 Å². The second kappa shape index (κ2) is 8.63. The van der Waals surface area contributed by atoms with E-state index in [0.29, 0.717) is 6.61 Å². The molecule has 0 amide bonds. The molecule has 0 radical (unpaired) electrons. The van der Waals surface area contributed by atoms with Crippen molar-refractivity contribution in [1.82, 2.24) is 15.0 Å². The molecule has 28 heavy (non-hydrogen) atoms. The van der Waals surface area contributed by atoms with Gasteiger partial charge >= 0.3 is 0 Å². The first-order valence-corrected chi connectivity index (χ1v) is 10.3. The highest BCUT2D eigenvalue weighted by Gasteiger charge is 2.18. The predicted molar refractivity (Wildman–Crippen MR) is 112 cm³/mol. The van der Waals surface area contributed by atoms with Crippen LogP contribution in [0.3, 0.4) is 0 Å². The summed E-state index contributed by atoms with van der Waals surface area (Å²) in [4.78, 5) is 14.7. The molecule has 0 N–H and O–H groups in total. The lowest BCUT2D eigenvalue weighted by atomic mass is 10.0. The van der Waals surface area contributed by atoms with Gasteiger partial charge in [-0.2, -0.15) is 0 Å². The maximum atomic E-state index is 5.81. The van der Waals surface area contributed by atoms with E-state index in [0.717, 1.165) is 52.0 Å². The lowest BCUT2D eigenvalue weighted by Crippen LogP contribution is -2.10. The van der Waals surface area contributed by atoms with Crippen LogP contribution in [0.5, 0.6) is 5.75 Å². The van der Waals surface area contributed by atoms with Crippen molar-refractivity contribution in [3.63, 3.8) is 0 Å². The number of ether oxygens (including phenoxy) is 2. The third-order valence-electron chi connectivity index (χ3n) is 4.42. The minimum atomic E-state index is 0.255. The number of hydrogen-bond acceptors (Lipinski definition) is 6. The van der Waals surface area contributed by atoms with Gasteiger partial charge in [-0.05, 0) is 50.1 Å². The summed E-state index contributed by atoms with van der Waals surface area (Å²) in [6, 6.07) is 7.96. The number of aromatic nitrogens is 3. The van der Waals surface area contributed by atoms with E-state index in [2.05, 4.69) is 29.9 Å². The summed E-state index contributed by atoms with van der Waals surface area (Å²) >= 11 is 1.62. The number of thiazole rings is 1. The molecular weight excluding hydrogens is 370 g/mol. The van der Waals surface area contributed by atoms with Gasteiger partial charge in [-0.1, -0.05) is 6.08 Å². The molecular formula is C22H23N3O2S. The first kappa shape index (κ1) is 18.8. The average molecular weight is 394 g/mol. The Morgan fingerprint density at radius 3 is 3.00 bits per heavy atom. The average Bonchev–Trinajstić information content (AvgIpc) is 3.22. The summed E-state index contributed by atoms with van der Waals surface area (Å²) in [5.41, 5.74) is 4.10. The smallest absolute Gasteiger partial charge is 0.145 e. The van der Waals surface area contributed by atoms with E-state index in [-0.39, 0.29) is 6.10 Å². The summed E-state index contributed by atoms with van der Waals surface area (Å²) < 4.78 is 11.5. The molecule has 3 aromatic heterocycles. The van der Waals surface area contributed by atoms with Gasteiger partial charge in [0.15, 0.2) is 0 Å². The molecule has 0 aliphatic carbocycles. The van der Waals surface area contributed by atoms with Crippen LogP contribution in [0.2, 0.25) is 0 Å². The third-order valence-corrected chi connectivity index (χ3v) is 5.49. The van der Waals surface area contributed by atoms with E-state index in [1.807, 2.05) is 36.7 Å². The summed E-state index contributed by atoms with van der Waals surface area (Å²) in [7, 11) is 0. The SMILES string of the molecule is CC(C)OCC/C=C1\CCOc2ccc(-c3cnc(-c4cccnc4)s3)nc21. The highest BCUT2D eigenvalue weighted by atomic mass is 32.1. The largest absolute Gasteiger partial charge is 0.491 e. The van der Waals surface area contributed by atoms with Crippen LogP contribution in [0.15, 0.2) is 48.9 Å². The van der Waals surface area contributed by atoms with Crippen LogP contribution in [0.4, 0.5) is 0 Å². The zero-order valence-electron chi connectivity index (χ0n) is 16.1. The first-order chi connectivity index (χ1) is 13.7. The van der Waals surface area contributed by atoms with Gasteiger partial charge in [0, 0.05) is 30.6 Å². The molecule has 0 fully saturated rings. The second-order valence-corrected chi connectivity index (χ2v) is 7.88. The van der Waals surface area contributed by atoms with Gasteiger partial charge < -0.3 is 9.47 Å². The van der Waals surface area contributed by atoms with Crippen LogP contribution in [0.1, 0.15) is 32.4 Å². The van der Waals surface area contributed by atoms with Crippen LogP contribution in [0.25, 0.3) is 26.7 Å². The van der Waals surface area contributed by atoms with Gasteiger partial charge in [-0.25, -0.2) is 9.97 Å². The summed E-state index contributed by atoms with van der Waals surface area (Å²) in [5.74, 6) is 0.850. The summed E-state index contributed by atoms with van der Waals surface area (Å²) in [5, 5.41) is 0.945. The van der Waals surface area contributed by atoms with Gasteiger partial charge in [0.25, 0.3) is 0 Å². The van der Waals surface area contributed by atoms with E-state index in [1.165, 1.54) is 5.57 Å². The Hall–Kier alpha value is -2.57. The number of hydrogen-bond donors (Lipinski definition) is 0. The molecule has 6 heteroatoms. The Morgan fingerprint density at radius 1 is 1.25 bits per heavy atom. The Balaban J connectivity index is 1.58. The van der Waals surface area contributed by atoms with Crippen molar-refractivity contribution in [2.75, 3.05) is 13.2 Å². The first-order valence-electron chi connectivity index (χ1n) is 9.52. The quantitative estimate of drug-likeness (QED) is 0.536. The fourth-order valence-electron chi connectivity index (χ4n) is 3.07. The van der Waals surface area contributed by atoms with Gasteiger partial charge in [-0.15, -0.1) is 11.3 Å². The van der Waals surface area contributed by atoms with Crippen LogP contribution in [-0.2, 0) is 4.74 Å². The maximum Gasteiger partial charge on any atom is 0.145 e. The molecule has 0 unspecified atom stereocenters. The molecule has 0 bridgehead atoms. The molecule has 144 valence electrons. The Kier molecular flexibility index (Phi) is 5.78. The summed E-state index contributed by atoms with van der Waals surface area (Å²) in [6.07, 6.45) is 9.71. The third kappa shape index (κ3) is 4.29. The minimum absolute atomic E-state index is 0.255. The van der Waals surface area contributed by atoms with Gasteiger partial charge in [0.2, 0.25) is 0 Å². The number of fused-ring (bicyclic) bond motifs is 1. The molecule has 0 aromatic carbocycles. The molecule has 4 heterocycles. The molecule has 4 rings (SSSR count). The minimum Gasteiger partial charge on any atom is -0.491 e. The van der Waals surface area contributed by atoms with Gasteiger partial charge in [0.05, 0.1) is 29.9 Å². The van der Waals surface area contributed by atoms with Crippen LogP contribution >= 0.6 is 11.3 Å². The monoisotopic (exact) mass is 393 g/mol.